The molecule has 0 amide bonds. The monoisotopic (exact) mass is 132 g/mol. The number of nitrogens with one attached hydrogen (secondary N) is 1. The normalized spacial score (nSPS) is 9.78. The van der Waals surface area contributed by atoms with Gasteiger partial charge in [-0.3, -0.25) is 0 Å². The smallest absolute Gasteiger partial charge is 0.338 e. The Hall–Kier alpha value is -0.610. The van der Waals surface area contributed by atoms with Gasteiger partial charge in [-0.15, -0.1) is 0 Å². The predicted molar refractivity (Wildman–Crippen MR) is 33.4 cm³/mol. The van der Waals surface area contributed by atoms with Crippen LogP contribution in [0.1, 0.15) is 13.8 Å². The minimum atomic E-state index is -0.441. The summed E-state index contributed by atoms with van der Waals surface area (Å²) >= 11 is 0. The molecule has 0 rings (SSSR count). The topological polar surface area (TPSA) is 64.3 Å². The van der Waals surface area contributed by atoms with Crippen molar-refractivity contribution in [2.75, 3.05) is 6.54 Å². The molecule has 0 saturated heterocycles. The molecule has 0 atom stereocenters. The molecule has 0 heterocycles. The molecule has 0 fully saturated rings. The minimum Gasteiger partial charge on any atom is -0.369 e. The van der Waals surface area contributed by atoms with E-state index in [1.807, 2.05) is 13.8 Å². The van der Waals surface area contributed by atoms with Crippen LogP contribution in [-0.2, 0) is 9.63 Å². The van der Waals surface area contributed by atoms with Crippen LogP contribution in [0.5, 0.6) is 0 Å². The number of carbonyl (C=O) groups is 1. The van der Waals surface area contributed by atoms with Gasteiger partial charge in [-0.05, 0) is 13.8 Å². The van der Waals surface area contributed by atoms with Gasteiger partial charge in [-0.25, -0.2) is 4.79 Å². The lowest BCUT2D eigenvalue weighted by atomic mass is 10.4. The van der Waals surface area contributed by atoms with Gasteiger partial charge in [-0.1, -0.05) is 0 Å². The summed E-state index contributed by atoms with van der Waals surface area (Å²) in [7, 11) is 0. The van der Waals surface area contributed by atoms with Crippen molar-refractivity contribution in [1.82, 2.24) is 5.48 Å². The van der Waals surface area contributed by atoms with Gasteiger partial charge in [-0.2, -0.15) is 5.48 Å². The molecule has 0 spiro atoms. The standard InChI is InChI=1S/C5H12N2O2/c1-4(2)7-9-5(8)3-6/h4,7H,3,6H2,1-2H3. The molecule has 4 nitrogen and oxygen atoms in total. The Labute approximate surface area is 54.3 Å². The SMILES string of the molecule is CC(C)NOC(=O)CN. The average molecular weight is 132 g/mol. The second kappa shape index (κ2) is 4.29. The van der Waals surface area contributed by atoms with E-state index in [1.54, 1.807) is 0 Å². The van der Waals surface area contributed by atoms with E-state index in [2.05, 4.69) is 10.3 Å². The van der Waals surface area contributed by atoms with Gasteiger partial charge < -0.3 is 10.6 Å². The molecule has 0 unspecified atom stereocenters. The molecular formula is C5H12N2O2. The van der Waals surface area contributed by atoms with Crippen molar-refractivity contribution < 1.29 is 9.63 Å². The lowest BCUT2D eigenvalue weighted by Crippen LogP contribution is -2.30. The summed E-state index contributed by atoms with van der Waals surface area (Å²) in [6, 6.07) is 0.139. The van der Waals surface area contributed by atoms with Crippen molar-refractivity contribution in [2.24, 2.45) is 5.73 Å². The highest BCUT2D eigenvalue weighted by Crippen LogP contribution is 1.76. The average Bonchev–Trinajstić information content (AvgIpc) is 1.83. The van der Waals surface area contributed by atoms with E-state index in [4.69, 9.17) is 5.73 Å². The van der Waals surface area contributed by atoms with E-state index in [1.165, 1.54) is 0 Å². The Morgan fingerprint density at radius 1 is 1.78 bits per heavy atom. The van der Waals surface area contributed by atoms with E-state index in [0.717, 1.165) is 0 Å². The van der Waals surface area contributed by atoms with Crippen LogP contribution in [0.4, 0.5) is 0 Å². The first-order chi connectivity index (χ1) is 4.16. The maximum absolute atomic E-state index is 10.3. The maximum Gasteiger partial charge on any atom is 0.338 e. The summed E-state index contributed by atoms with van der Waals surface area (Å²) in [6.45, 7) is 3.65. The molecule has 3 N–H and O–H groups in total. The van der Waals surface area contributed by atoms with Crippen LogP contribution < -0.4 is 11.2 Å². The third-order valence-corrected chi connectivity index (χ3v) is 0.575. The Morgan fingerprint density at radius 2 is 2.33 bits per heavy atom. The van der Waals surface area contributed by atoms with Gasteiger partial charge in [0.05, 0.1) is 6.54 Å². The molecule has 0 bridgehead atoms. The van der Waals surface area contributed by atoms with E-state index < -0.39 is 5.97 Å². The van der Waals surface area contributed by atoms with Crippen LogP contribution in [-0.4, -0.2) is 18.6 Å². The van der Waals surface area contributed by atoms with Gasteiger partial charge in [0.1, 0.15) is 0 Å². The van der Waals surface area contributed by atoms with Crippen LogP contribution >= 0.6 is 0 Å². The van der Waals surface area contributed by atoms with Gasteiger partial charge in [0.25, 0.3) is 0 Å². The molecule has 0 saturated carbocycles. The molecule has 9 heavy (non-hydrogen) atoms. The summed E-state index contributed by atoms with van der Waals surface area (Å²) in [4.78, 5) is 14.7. The minimum absolute atomic E-state index is 0.0836. The third kappa shape index (κ3) is 5.26. The number of hydroxylamine groups is 1. The molecule has 0 aromatic heterocycles. The molecule has 0 aromatic rings. The van der Waals surface area contributed by atoms with Crippen LogP contribution in [0.25, 0.3) is 0 Å². The van der Waals surface area contributed by atoms with E-state index in [0.29, 0.717) is 0 Å². The van der Waals surface area contributed by atoms with Gasteiger partial charge >= 0.3 is 5.97 Å². The first-order valence-electron chi connectivity index (χ1n) is 2.82. The second-order valence-corrected chi connectivity index (χ2v) is 1.95. The van der Waals surface area contributed by atoms with Crippen LogP contribution in [0, 0.1) is 0 Å². The number of hydrogen-bond acceptors (Lipinski definition) is 4. The third-order valence-electron chi connectivity index (χ3n) is 0.575. The number of carbonyl (C=O) groups excluding carboxylic acids is 1. The van der Waals surface area contributed by atoms with E-state index in [-0.39, 0.29) is 12.6 Å². The van der Waals surface area contributed by atoms with Crippen molar-refractivity contribution in [3.8, 4) is 0 Å². The summed E-state index contributed by atoms with van der Waals surface area (Å²) < 4.78 is 0. The zero-order valence-electron chi connectivity index (χ0n) is 5.68. The first-order valence-corrected chi connectivity index (χ1v) is 2.82. The summed E-state index contributed by atoms with van der Waals surface area (Å²) in [5.41, 5.74) is 7.41. The molecule has 0 aliphatic carbocycles. The summed E-state index contributed by atoms with van der Waals surface area (Å²) in [5, 5.41) is 0. The number of hydrogen-bond donors (Lipinski definition) is 2. The highest BCUT2D eigenvalue weighted by molar-refractivity contribution is 5.70. The van der Waals surface area contributed by atoms with Crippen molar-refractivity contribution >= 4 is 5.97 Å². The number of nitrogens with two attached hydrogens (primary N) is 1. The Balaban J connectivity index is 3.17. The van der Waals surface area contributed by atoms with Crippen LogP contribution in [0.3, 0.4) is 0 Å². The lowest BCUT2D eigenvalue weighted by molar-refractivity contribution is -0.150. The predicted octanol–water partition coefficient (Wildman–Crippen LogP) is -0.599. The van der Waals surface area contributed by atoms with Crippen LogP contribution in [0.2, 0.25) is 0 Å². The summed E-state index contributed by atoms with van der Waals surface area (Å²) in [6.07, 6.45) is 0. The Kier molecular flexibility index (Phi) is 4.00. The molecule has 54 valence electrons. The van der Waals surface area contributed by atoms with Gasteiger partial charge in [0, 0.05) is 6.04 Å². The molecular weight excluding hydrogens is 120 g/mol. The Morgan fingerprint density at radius 3 is 2.67 bits per heavy atom. The Bertz CT molecular complexity index is 93.0. The number of rotatable bonds is 3. The molecule has 0 aliphatic heterocycles. The highest BCUT2D eigenvalue weighted by Gasteiger charge is 1.98. The molecule has 0 aromatic carbocycles. The fourth-order valence-corrected chi connectivity index (χ4v) is 0.225. The van der Waals surface area contributed by atoms with Crippen molar-refractivity contribution in [1.29, 1.82) is 0 Å². The highest BCUT2D eigenvalue weighted by atomic mass is 16.7. The molecule has 4 heteroatoms. The van der Waals surface area contributed by atoms with Crippen molar-refractivity contribution in [3.63, 3.8) is 0 Å². The van der Waals surface area contributed by atoms with Crippen molar-refractivity contribution in [3.05, 3.63) is 0 Å². The zero-order valence-corrected chi connectivity index (χ0v) is 5.68. The second-order valence-electron chi connectivity index (χ2n) is 1.95. The first kappa shape index (κ1) is 8.39. The van der Waals surface area contributed by atoms with E-state index in [9.17, 15) is 4.79 Å². The largest absolute Gasteiger partial charge is 0.369 e. The van der Waals surface area contributed by atoms with Gasteiger partial charge in [0.15, 0.2) is 0 Å². The van der Waals surface area contributed by atoms with E-state index >= 15 is 0 Å². The lowest BCUT2D eigenvalue weighted by Gasteiger charge is -2.05. The fraction of sp³-hybridized carbons (Fsp3) is 0.800. The quantitative estimate of drug-likeness (QED) is 0.503. The zero-order chi connectivity index (χ0) is 7.28. The molecule has 0 radical (unpaired) electrons. The van der Waals surface area contributed by atoms with Crippen molar-refractivity contribution in [2.45, 2.75) is 19.9 Å². The summed E-state index contributed by atoms with van der Waals surface area (Å²) in [5.74, 6) is -0.441. The fourth-order valence-electron chi connectivity index (χ4n) is 0.225. The maximum atomic E-state index is 10.3. The van der Waals surface area contributed by atoms with Crippen LogP contribution in [0.15, 0.2) is 0 Å². The molecule has 0 aliphatic rings. The van der Waals surface area contributed by atoms with Gasteiger partial charge in [0.2, 0.25) is 0 Å².